The molecule has 4 rings (SSSR count). The number of amides is 2. The zero-order valence-corrected chi connectivity index (χ0v) is 18.0. The van der Waals surface area contributed by atoms with Crippen molar-refractivity contribution in [1.29, 1.82) is 0 Å². The van der Waals surface area contributed by atoms with Crippen LogP contribution in [0.4, 0.5) is 5.69 Å². The second-order valence-corrected chi connectivity index (χ2v) is 8.96. The van der Waals surface area contributed by atoms with Gasteiger partial charge in [0.2, 0.25) is 5.91 Å². The molecule has 0 saturated heterocycles. The Labute approximate surface area is 180 Å². The van der Waals surface area contributed by atoms with E-state index < -0.39 is 0 Å². The van der Waals surface area contributed by atoms with Gasteiger partial charge in [0.05, 0.1) is 28.0 Å². The van der Waals surface area contributed by atoms with E-state index in [-0.39, 0.29) is 23.6 Å². The van der Waals surface area contributed by atoms with Gasteiger partial charge in [-0.1, -0.05) is 49.9 Å². The van der Waals surface area contributed by atoms with Gasteiger partial charge in [-0.15, -0.1) is 0 Å². The van der Waals surface area contributed by atoms with E-state index in [1.54, 1.807) is 18.2 Å². The van der Waals surface area contributed by atoms with Crippen LogP contribution in [0.25, 0.3) is 11.0 Å². The third kappa shape index (κ3) is 4.84. The van der Waals surface area contributed by atoms with E-state index in [1.165, 1.54) is 11.8 Å². The molecule has 156 valence electrons. The van der Waals surface area contributed by atoms with Crippen LogP contribution in [0.1, 0.15) is 37.0 Å². The molecular formula is C23H26N4O2S. The zero-order chi connectivity index (χ0) is 21.1. The number of nitrogens with zero attached hydrogens (tertiary/aromatic N) is 2. The van der Waals surface area contributed by atoms with Gasteiger partial charge in [-0.25, -0.2) is 4.98 Å². The fourth-order valence-corrected chi connectivity index (χ4v) is 4.13. The molecule has 1 aliphatic carbocycles. The molecule has 1 aromatic heterocycles. The Morgan fingerprint density at radius 2 is 1.87 bits per heavy atom. The van der Waals surface area contributed by atoms with Gasteiger partial charge in [-0.2, -0.15) is 0 Å². The van der Waals surface area contributed by atoms with Gasteiger partial charge in [0.25, 0.3) is 5.91 Å². The van der Waals surface area contributed by atoms with Crippen LogP contribution in [0.3, 0.4) is 0 Å². The normalized spacial score (nSPS) is 13.6. The lowest BCUT2D eigenvalue weighted by atomic mass is 10.1. The van der Waals surface area contributed by atoms with E-state index in [0.29, 0.717) is 17.2 Å². The zero-order valence-electron chi connectivity index (χ0n) is 17.2. The molecular weight excluding hydrogens is 396 g/mol. The van der Waals surface area contributed by atoms with Crippen molar-refractivity contribution >= 4 is 40.3 Å². The fraction of sp³-hybridized carbons (Fsp3) is 0.348. The van der Waals surface area contributed by atoms with Crippen molar-refractivity contribution in [3.8, 4) is 0 Å². The molecule has 0 radical (unpaired) electrons. The monoisotopic (exact) mass is 422 g/mol. The van der Waals surface area contributed by atoms with Crippen LogP contribution in [0, 0.1) is 5.92 Å². The second kappa shape index (κ2) is 8.92. The van der Waals surface area contributed by atoms with Crippen LogP contribution < -0.4 is 10.6 Å². The number of nitrogens with one attached hydrogen (secondary N) is 2. The number of fused-ring (bicyclic) bond motifs is 1. The first-order valence-electron chi connectivity index (χ1n) is 10.3. The van der Waals surface area contributed by atoms with Crippen molar-refractivity contribution < 1.29 is 9.59 Å². The highest BCUT2D eigenvalue weighted by Gasteiger charge is 2.25. The third-order valence-corrected chi connectivity index (χ3v) is 5.83. The molecule has 0 unspecified atom stereocenters. The van der Waals surface area contributed by atoms with E-state index in [9.17, 15) is 9.59 Å². The summed E-state index contributed by atoms with van der Waals surface area (Å²) >= 11 is 1.42. The molecule has 1 saturated carbocycles. The van der Waals surface area contributed by atoms with Gasteiger partial charge in [-0.3, -0.25) is 9.59 Å². The van der Waals surface area contributed by atoms with Gasteiger partial charge in [0.15, 0.2) is 5.16 Å². The molecule has 1 fully saturated rings. The van der Waals surface area contributed by atoms with E-state index in [2.05, 4.69) is 35.1 Å². The van der Waals surface area contributed by atoms with Crippen LogP contribution >= 0.6 is 11.8 Å². The summed E-state index contributed by atoms with van der Waals surface area (Å²) < 4.78 is 2.18. The quantitative estimate of drug-likeness (QED) is 0.530. The number of hydrogen-bond acceptors (Lipinski definition) is 4. The summed E-state index contributed by atoms with van der Waals surface area (Å²) in [6, 6.07) is 15.4. The van der Waals surface area contributed by atoms with Gasteiger partial charge in [0, 0.05) is 12.6 Å². The van der Waals surface area contributed by atoms with Crippen molar-refractivity contribution in [2.45, 2.75) is 44.4 Å². The Kier molecular flexibility index (Phi) is 6.08. The molecule has 3 aromatic rings. The highest BCUT2D eigenvalue weighted by Crippen LogP contribution is 2.26. The Balaban J connectivity index is 1.45. The number of carbonyl (C=O) groups is 2. The fourth-order valence-electron chi connectivity index (χ4n) is 3.30. The van der Waals surface area contributed by atoms with E-state index in [1.807, 2.05) is 24.3 Å². The second-order valence-electron chi connectivity index (χ2n) is 8.02. The molecule has 2 aromatic carbocycles. The highest BCUT2D eigenvalue weighted by molar-refractivity contribution is 7.99. The molecule has 2 amide bonds. The summed E-state index contributed by atoms with van der Waals surface area (Å²) in [5.41, 5.74) is 3.05. The molecule has 0 atom stereocenters. The lowest BCUT2D eigenvalue weighted by Gasteiger charge is -2.12. The molecule has 30 heavy (non-hydrogen) atoms. The SMILES string of the molecule is CC(C)Cn1c(SCC(=O)Nc2ccccc2C(=O)NC2CC2)nc2ccccc21. The largest absolute Gasteiger partial charge is 0.349 e. The Bertz CT molecular complexity index is 1070. The molecule has 1 aliphatic rings. The van der Waals surface area contributed by atoms with Crippen molar-refractivity contribution in [2.24, 2.45) is 5.92 Å². The van der Waals surface area contributed by atoms with Crippen molar-refractivity contribution in [3.05, 3.63) is 54.1 Å². The predicted molar refractivity (Wildman–Crippen MR) is 121 cm³/mol. The lowest BCUT2D eigenvalue weighted by molar-refractivity contribution is -0.113. The highest BCUT2D eigenvalue weighted by atomic mass is 32.2. The first kappa shape index (κ1) is 20.5. The molecule has 6 nitrogen and oxygen atoms in total. The maximum atomic E-state index is 12.6. The van der Waals surface area contributed by atoms with Crippen LogP contribution in [0.5, 0.6) is 0 Å². The summed E-state index contributed by atoms with van der Waals surface area (Å²) in [5.74, 6) is 0.391. The summed E-state index contributed by atoms with van der Waals surface area (Å²) in [6.07, 6.45) is 2.04. The van der Waals surface area contributed by atoms with E-state index in [4.69, 9.17) is 4.98 Å². The maximum absolute atomic E-state index is 12.6. The molecule has 0 bridgehead atoms. The number of anilines is 1. The maximum Gasteiger partial charge on any atom is 0.253 e. The molecule has 2 N–H and O–H groups in total. The van der Waals surface area contributed by atoms with Gasteiger partial charge in [-0.05, 0) is 43.0 Å². The van der Waals surface area contributed by atoms with Crippen LogP contribution in [0.15, 0.2) is 53.7 Å². The molecule has 7 heteroatoms. The van der Waals surface area contributed by atoms with Gasteiger partial charge in [0.1, 0.15) is 0 Å². The number of para-hydroxylation sites is 3. The number of hydrogen-bond donors (Lipinski definition) is 2. The van der Waals surface area contributed by atoms with E-state index >= 15 is 0 Å². The standard InChI is InChI=1S/C23H26N4O2S/c1-15(2)13-27-20-10-6-5-9-19(20)26-23(27)30-14-21(28)25-18-8-4-3-7-17(18)22(29)24-16-11-12-16/h3-10,15-16H,11-14H2,1-2H3,(H,24,29)(H,25,28). The van der Waals surface area contributed by atoms with Gasteiger partial charge >= 0.3 is 0 Å². The number of aromatic nitrogens is 2. The minimum atomic E-state index is -0.158. The number of benzene rings is 2. The predicted octanol–water partition coefficient (Wildman–Crippen LogP) is 4.32. The number of thioether (sulfide) groups is 1. The van der Waals surface area contributed by atoms with Gasteiger partial charge < -0.3 is 15.2 Å². The first-order chi connectivity index (χ1) is 14.5. The van der Waals surface area contributed by atoms with Crippen molar-refractivity contribution in [3.63, 3.8) is 0 Å². The summed E-state index contributed by atoms with van der Waals surface area (Å²) in [7, 11) is 0. The van der Waals surface area contributed by atoms with Crippen LogP contribution in [0.2, 0.25) is 0 Å². The average Bonchev–Trinajstić information content (AvgIpc) is 3.47. The topological polar surface area (TPSA) is 76.0 Å². The molecule has 0 spiro atoms. The first-order valence-corrected chi connectivity index (χ1v) is 11.3. The van der Waals surface area contributed by atoms with E-state index in [0.717, 1.165) is 35.6 Å². The van der Waals surface area contributed by atoms with Crippen molar-refractivity contribution in [1.82, 2.24) is 14.9 Å². The van der Waals surface area contributed by atoms with Crippen molar-refractivity contribution in [2.75, 3.05) is 11.1 Å². The van der Waals surface area contributed by atoms with Crippen LogP contribution in [-0.2, 0) is 11.3 Å². The summed E-state index contributed by atoms with van der Waals surface area (Å²) in [6.45, 7) is 5.17. The Morgan fingerprint density at radius 3 is 2.63 bits per heavy atom. The smallest absolute Gasteiger partial charge is 0.253 e. The number of imidazole rings is 1. The lowest BCUT2D eigenvalue weighted by Crippen LogP contribution is -2.27. The minimum Gasteiger partial charge on any atom is -0.349 e. The summed E-state index contributed by atoms with van der Waals surface area (Å²) in [4.78, 5) is 29.8. The molecule has 1 heterocycles. The summed E-state index contributed by atoms with van der Waals surface area (Å²) in [5, 5.41) is 6.70. The average molecular weight is 423 g/mol. The van der Waals surface area contributed by atoms with Crippen LogP contribution in [-0.4, -0.2) is 33.2 Å². The number of rotatable bonds is 8. The Morgan fingerprint density at radius 1 is 1.13 bits per heavy atom. The third-order valence-electron chi connectivity index (χ3n) is 4.86. The molecule has 0 aliphatic heterocycles. The minimum absolute atomic E-state index is 0.139. The Hall–Kier alpha value is -2.80. The number of carbonyl (C=O) groups excluding carboxylic acids is 2.